The van der Waals surface area contributed by atoms with Crippen LogP contribution >= 0.6 is 0 Å². The Morgan fingerprint density at radius 1 is 1.15 bits per heavy atom. The zero-order chi connectivity index (χ0) is 17.9. The molecule has 0 saturated carbocycles. The van der Waals surface area contributed by atoms with Gasteiger partial charge in [-0.25, -0.2) is 9.67 Å². The molecule has 1 saturated heterocycles. The first-order chi connectivity index (χ1) is 12.7. The second kappa shape index (κ2) is 7.30. The molecule has 0 spiro atoms. The zero-order valence-electron chi connectivity index (χ0n) is 15.3. The normalized spacial score (nSPS) is 16.8. The minimum atomic E-state index is 0.732. The molecule has 0 bridgehead atoms. The van der Waals surface area contributed by atoms with E-state index in [2.05, 4.69) is 34.7 Å². The van der Waals surface area contributed by atoms with Crippen molar-refractivity contribution in [1.82, 2.24) is 20.1 Å². The molecule has 0 radical (unpaired) electrons. The molecule has 4 rings (SSSR count). The lowest BCUT2D eigenvalue weighted by atomic mass is 9.97. The second-order valence-electron chi connectivity index (χ2n) is 6.87. The Bertz CT molecular complexity index is 879. The van der Waals surface area contributed by atoms with E-state index in [4.69, 9.17) is 9.72 Å². The van der Waals surface area contributed by atoms with E-state index in [9.17, 15) is 0 Å². The molecule has 0 amide bonds. The highest BCUT2D eigenvalue weighted by Crippen LogP contribution is 2.25. The molecule has 0 aliphatic carbocycles. The molecule has 5 nitrogen and oxygen atoms in total. The van der Waals surface area contributed by atoms with E-state index in [1.54, 1.807) is 7.11 Å². The summed E-state index contributed by atoms with van der Waals surface area (Å²) in [5.74, 6) is 3.19. The van der Waals surface area contributed by atoms with E-state index in [0.717, 1.165) is 54.0 Å². The molecular weight excluding hydrogens is 324 g/mol. The molecule has 1 fully saturated rings. The van der Waals surface area contributed by atoms with Crippen LogP contribution in [0.4, 0.5) is 0 Å². The summed E-state index contributed by atoms with van der Waals surface area (Å²) in [6.07, 6.45) is 2.37. The van der Waals surface area contributed by atoms with Crippen molar-refractivity contribution in [3.05, 3.63) is 54.1 Å². The van der Waals surface area contributed by atoms with Crippen LogP contribution in [0.5, 0.6) is 5.75 Å². The van der Waals surface area contributed by atoms with Crippen LogP contribution in [0.15, 0.2) is 48.5 Å². The molecule has 3 aromatic rings. The number of aromatic nitrogens is 3. The Morgan fingerprint density at radius 2 is 2.00 bits per heavy atom. The lowest BCUT2D eigenvalue weighted by Crippen LogP contribution is -2.10. The van der Waals surface area contributed by atoms with Gasteiger partial charge in [0, 0.05) is 18.2 Å². The second-order valence-corrected chi connectivity index (χ2v) is 6.87. The van der Waals surface area contributed by atoms with E-state index in [-0.39, 0.29) is 0 Å². The van der Waals surface area contributed by atoms with Crippen molar-refractivity contribution in [2.24, 2.45) is 13.0 Å². The maximum absolute atomic E-state index is 5.22. The summed E-state index contributed by atoms with van der Waals surface area (Å²) in [7, 11) is 3.61. The monoisotopic (exact) mass is 348 g/mol. The van der Waals surface area contributed by atoms with Gasteiger partial charge in [-0.1, -0.05) is 18.2 Å². The molecule has 1 aromatic heterocycles. The van der Waals surface area contributed by atoms with Gasteiger partial charge in [0.15, 0.2) is 11.6 Å². The third-order valence-corrected chi connectivity index (χ3v) is 4.98. The SMILES string of the molecule is COc1ccc(-c2nc(-c3cccc(CC4CCNC4)c3)n(C)n2)cc1. The Morgan fingerprint density at radius 3 is 2.73 bits per heavy atom. The summed E-state index contributed by atoms with van der Waals surface area (Å²) in [5, 5.41) is 8.04. The quantitative estimate of drug-likeness (QED) is 0.769. The largest absolute Gasteiger partial charge is 0.497 e. The van der Waals surface area contributed by atoms with Crippen molar-refractivity contribution in [2.45, 2.75) is 12.8 Å². The minimum absolute atomic E-state index is 0.732. The molecule has 134 valence electrons. The molecule has 26 heavy (non-hydrogen) atoms. The van der Waals surface area contributed by atoms with Crippen molar-refractivity contribution in [3.63, 3.8) is 0 Å². The fourth-order valence-corrected chi connectivity index (χ4v) is 3.56. The molecular formula is C21H24N4O. The molecule has 1 atom stereocenters. The van der Waals surface area contributed by atoms with E-state index in [0.29, 0.717) is 0 Å². The van der Waals surface area contributed by atoms with Gasteiger partial charge in [0.2, 0.25) is 0 Å². The fourth-order valence-electron chi connectivity index (χ4n) is 3.56. The standard InChI is InChI=1S/C21H24N4O/c1-25-21(23-20(24-25)17-6-8-19(26-2)9-7-17)18-5-3-4-15(13-18)12-16-10-11-22-14-16/h3-9,13,16,22H,10-12,14H2,1-2H3. The highest BCUT2D eigenvalue weighted by Gasteiger charge is 2.16. The predicted octanol–water partition coefficient (Wildman–Crippen LogP) is 3.31. The number of benzene rings is 2. The van der Waals surface area contributed by atoms with Crippen LogP contribution in [-0.2, 0) is 13.5 Å². The van der Waals surface area contributed by atoms with Crippen LogP contribution < -0.4 is 10.1 Å². The lowest BCUT2D eigenvalue weighted by Gasteiger charge is -2.09. The van der Waals surface area contributed by atoms with Crippen LogP contribution in [0.2, 0.25) is 0 Å². The van der Waals surface area contributed by atoms with Gasteiger partial charge in [-0.05, 0) is 67.7 Å². The Labute approximate surface area is 154 Å². The summed E-state index contributed by atoms with van der Waals surface area (Å²) in [6, 6.07) is 16.5. The van der Waals surface area contributed by atoms with Gasteiger partial charge in [0.1, 0.15) is 5.75 Å². The predicted molar refractivity (Wildman–Crippen MR) is 103 cm³/mol. The van der Waals surface area contributed by atoms with E-state index in [1.807, 2.05) is 36.0 Å². The number of rotatable bonds is 5. The summed E-state index contributed by atoms with van der Waals surface area (Å²) in [5.41, 5.74) is 3.47. The molecule has 2 aromatic carbocycles. The Hall–Kier alpha value is -2.66. The van der Waals surface area contributed by atoms with E-state index in [1.165, 1.54) is 12.0 Å². The van der Waals surface area contributed by atoms with Gasteiger partial charge in [0.05, 0.1) is 7.11 Å². The number of ether oxygens (including phenoxy) is 1. The molecule has 5 heteroatoms. The Kier molecular flexibility index (Phi) is 4.71. The Balaban J connectivity index is 1.60. The minimum Gasteiger partial charge on any atom is -0.497 e. The van der Waals surface area contributed by atoms with Crippen molar-refractivity contribution in [2.75, 3.05) is 20.2 Å². The number of hydrogen-bond donors (Lipinski definition) is 1. The first kappa shape index (κ1) is 16.8. The van der Waals surface area contributed by atoms with Crippen LogP contribution in [0.25, 0.3) is 22.8 Å². The van der Waals surface area contributed by atoms with Crippen LogP contribution in [0.3, 0.4) is 0 Å². The van der Waals surface area contributed by atoms with Crippen LogP contribution in [0, 0.1) is 5.92 Å². The summed E-state index contributed by atoms with van der Waals surface area (Å²) in [6.45, 7) is 2.26. The number of aryl methyl sites for hydroxylation is 1. The van der Waals surface area contributed by atoms with E-state index >= 15 is 0 Å². The number of methoxy groups -OCH3 is 1. The summed E-state index contributed by atoms with van der Waals surface area (Å²) < 4.78 is 7.08. The average molecular weight is 348 g/mol. The lowest BCUT2D eigenvalue weighted by molar-refractivity contribution is 0.415. The fraction of sp³-hybridized carbons (Fsp3) is 0.333. The molecule has 1 aliphatic rings. The van der Waals surface area contributed by atoms with Crippen LogP contribution in [0.1, 0.15) is 12.0 Å². The van der Waals surface area contributed by atoms with Gasteiger partial charge in [-0.3, -0.25) is 0 Å². The van der Waals surface area contributed by atoms with Gasteiger partial charge >= 0.3 is 0 Å². The zero-order valence-corrected chi connectivity index (χ0v) is 15.3. The molecule has 1 aliphatic heterocycles. The number of nitrogens with one attached hydrogen (secondary N) is 1. The van der Waals surface area contributed by atoms with Gasteiger partial charge in [-0.2, -0.15) is 5.10 Å². The van der Waals surface area contributed by atoms with Gasteiger partial charge < -0.3 is 10.1 Å². The van der Waals surface area contributed by atoms with Crippen LogP contribution in [-0.4, -0.2) is 35.0 Å². The van der Waals surface area contributed by atoms with Crippen molar-refractivity contribution >= 4 is 0 Å². The first-order valence-electron chi connectivity index (χ1n) is 9.08. The molecule has 1 N–H and O–H groups in total. The van der Waals surface area contributed by atoms with Crippen molar-refractivity contribution in [1.29, 1.82) is 0 Å². The number of hydrogen-bond acceptors (Lipinski definition) is 4. The van der Waals surface area contributed by atoms with Crippen molar-refractivity contribution < 1.29 is 4.74 Å². The molecule has 2 heterocycles. The van der Waals surface area contributed by atoms with Gasteiger partial charge in [0.25, 0.3) is 0 Å². The summed E-state index contributed by atoms with van der Waals surface area (Å²) in [4.78, 5) is 4.78. The topological polar surface area (TPSA) is 52.0 Å². The molecule has 1 unspecified atom stereocenters. The highest BCUT2D eigenvalue weighted by molar-refractivity contribution is 5.62. The highest BCUT2D eigenvalue weighted by atomic mass is 16.5. The smallest absolute Gasteiger partial charge is 0.181 e. The first-order valence-corrected chi connectivity index (χ1v) is 9.08. The summed E-state index contributed by atoms with van der Waals surface area (Å²) >= 11 is 0. The third kappa shape index (κ3) is 3.48. The van der Waals surface area contributed by atoms with Gasteiger partial charge in [-0.15, -0.1) is 0 Å². The number of nitrogens with zero attached hydrogens (tertiary/aromatic N) is 3. The maximum atomic E-state index is 5.22. The maximum Gasteiger partial charge on any atom is 0.181 e. The average Bonchev–Trinajstić information content (AvgIpc) is 3.32. The van der Waals surface area contributed by atoms with E-state index < -0.39 is 0 Å². The third-order valence-electron chi connectivity index (χ3n) is 4.98. The van der Waals surface area contributed by atoms with Crippen molar-refractivity contribution in [3.8, 4) is 28.5 Å².